The molecule has 10 rings (SSSR count). The third-order valence-electron chi connectivity index (χ3n) is 15.9. The van der Waals surface area contributed by atoms with Gasteiger partial charge in [-0.2, -0.15) is 13.9 Å². The van der Waals surface area contributed by atoms with Gasteiger partial charge < -0.3 is 51.2 Å². The van der Waals surface area contributed by atoms with Crippen molar-refractivity contribution in [1.82, 2.24) is 50.7 Å². The lowest BCUT2D eigenvalue weighted by atomic mass is 9.98. The summed E-state index contributed by atoms with van der Waals surface area (Å²) in [6.07, 6.45) is 3.99. The summed E-state index contributed by atoms with van der Waals surface area (Å²) in [6, 6.07) is 21.2. The molecule has 0 bridgehead atoms. The molecule has 446 valence electrons. The van der Waals surface area contributed by atoms with E-state index in [9.17, 15) is 61.5 Å². The van der Waals surface area contributed by atoms with Gasteiger partial charge in [-0.05, 0) is 85.5 Å². The van der Waals surface area contributed by atoms with E-state index >= 15 is 4.79 Å². The first kappa shape index (κ1) is 59.8. The average Bonchev–Trinajstić information content (AvgIpc) is 1.90. The fraction of sp³-hybridized carbons (Fsp3) is 0.333. The van der Waals surface area contributed by atoms with Gasteiger partial charge in [-0.3, -0.25) is 57.7 Å². The normalized spacial score (nSPS) is 19.2. The topological polar surface area (TPSA) is 329 Å². The van der Waals surface area contributed by atoms with Crippen LogP contribution in [-0.2, 0) is 56.9 Å². The monoisotopic (exact) mass is 1200 g/mol. The molecule has 3 fully saturated rings. The molecular weight excluding hydrogens is 1140 g/mol. The molecule has 26 heteroatoms. The van der Waals surface area contributed by atoms with Crippen LogP contribution in [0.3, 0.4) is 0 Å². The van der Waals surface area contributed by atoms with Crippen molar-refractivity contribution in [1.29, 1.82) is 0 Å². The molecule has 6 aromatic rings. The molecule has 5 atom stereocenters. The summed E-state index contributed by atoms with van der Waals surface area (Å²) in [5, 5.41) is 15.2. The number of fused-ring (bicyclic) bond motifs is 3. The van der Waals surface area contributed by atoms with Crippen LogP contribution in [0, 0.1) is 11.8 Å². The van der Waals surface area contributed by atoms with E-state index in [4.69, 9.17) is 5.73 Å². The first-order chi connectivity index (χ1) is 41.1. The minimum Gasteiger partial charge on any atom is -0.370 e. The van der Waals surface area contributed by atoms with Crippen LogP contribution in [0.4, 0.5) is 8.78 Å². The minimum atomic E-state index is -5.95. The first-order valence-electron chi connectivity index (χ1n) is 27.9. The first-order valence-corrected chi connectivity index (χ1v) is 29.5. The summed E-state index contributed by atoms with van der Waals surface area (Å²) in [5.41, 5.74) is 3.56. The summed E-state index contributed by atoms with van der Waals surface area (Å²) < 4.78 is 42.8. The molecule has 4 aliphatic heterocycles. The van der Waals surface area contributed by atoms with Crippen molar-refractivity contribution in [2.24, 2.45) is 5.73 Å². The number of hydrogen-bond acceptors (Lipinski definition) is 11. The smallest absolute Gasteiger partial charge is 0.370 e. The number of imide groups is 1. The number of halogens is 2. The molecule has 0 saturated carbocycles. The van der Waals surface area contributed by atoms with Crippen molar-refractivity contribution >= 4 is 71.7 Å². The van der Waals surface area contributed by atoms with Gasteiger partial charge in [-0.25, -0.2) is 0 Å². The van der Waals surface area contributed by atoms with E-state index in [2.05, 4.69) is 43.2 Å². The largest absolute Gasteiger partial charge is 0.399 e. The number of aromatic amines is 1. The van der Waals surface area contributed by atoms with Gasteiger partial charge in [-0.15, -0.1) is 0 Å². The number of piperidine rings is 1. The summed E-state index contributed by atoms with van der Waals surface area (Å²) in [4.78, 5) is 148. The number of benzene rings is 4. The predicted molar refractivity (Wildman–Crippen MR) is 304 cm³/mol. The summed E-state index contributed by atoms with van der Waals surface area (Å²) in [6.45, 7) is 0.127. The number of aromatic nitrogens is 3. The number of carbonyl (C=O) groups excluding carboxylic acids is 9. The van der Waals surface area contributed by atoms with Gasteiger partial charge in [0.2, 0.25) is 41.4 Å². The molecule has 6 heterocycles. The highest BCUT2D eigenvalue weighted by molar-refractivity contribution is 7.52. The Bertz CT molecular complexity index is 3750. The Hall–Kier alpha value is -9.37. The minimum absolute atomic E-state index is 0.0137. The fourth-order valence-corrected chi connectivity index (χ4v) is 11.9. The number of carbonyl (C=O) groups is 9. The van der Waals surface area contributed by atoms with E-state index in [0.717, 1.165) is 35.4 Å². The molecule has 2 aromatic heterocycles. The zero-order valence-corrected chi connectivity index (χ0v) is 47.0. The number of H-pyrrole nitrogens is 1. The number of aryl methyl sites for hydroxylation is 1. The van der Waals surface area contributed by atoms with E-state index in [0.29, 0.717) is 22.3 Å². The number of amides is 9. The van der Waals surface area contributed by atoms with Gasteiger partial charge in [0.15, 0.2) is 0 Å². The van der Waals surface area contributed by atoms with E-state index in [-0.39, 0.29) is 118 Å². The molecule has 4 aromatic carbocycles. The van der Waals surface area contributed by atoms with Crippen LogP contribution in [0.5, 0.6) is 0 Å². The maximum absolute atomic E-state index is 15.1. The Morgan fingerprint density at radius 1 is 0.860 bits per heavy atom. The van der Waals surface area contributed by atoms with Crippen LogP contribution in [0.15, 0.2) is 116 Å². The molecular formula is C60H60F2N11O12P. The number of nitrogens with zero attached hydrogens (tertiary/aromatic N) is 5. The fourth-order valence-electron chi connectivity index (χ4n) is 11.5. The van der Waals surface area contributed by atoms with Crippen molar-refractivity contribution in [2.75, 3.05) is 13.1 Å². The van der Waals surface area contributed by atoms with Gasteiger partial charge >= 0.3 is 13.3 Å². The number of hydrogen-bond donors (Lipinski definition) is 8. The summed E-state index contributed by atoms with van der Waals surface area (Å²) in [7, 11) is -5.95. The lowest BCUT2D eigenvalue weighted by Gasteiger charge is -2.39. The quantitative estimate of drug-likeness (QED) is 0.0347. The van der Waals surface area contributed by atoms with Crippen molar-refractivity contribution in [3.05, 3.63) is 160 Å². The lowest BCUT2D eigenvalue weighted by Crippen LogP contribution is -2.62. The molecule has 9 amide bonds. The third kappa shape index (κ3) is 13.0. The summed E-state index contributed by atoms with van der Waals surface area (Å²) >= 11 is 0. The number of rotatable bonds is 18. The lowest BCUT2D eigenvalue weighted by molar-refractivity contribution is -0.145. The maximum atomic E-state index is 15.1. The maximum Gasteiger partial charge on any atom is 0.399 e. The Morgan fingerprint density at radius 2 is 1.59 bits per heavy atom. The highest BCUT2D eigenvalue weighted by Gasteiger charge is 2.51. The Kier molecular flexibility index (Phi) is 17.4. The molecule has 9 N–H and O–H groups in total. The molecule has 0 aliphatic carbocycles. The molecule has 0 spiro atoms. The molecule has 1 unspecified atom stereocenters. The average molecular weight is 1200 g/mol. The highest BCUT2D eigenvalue weighted by atomic mass is 31.2. The second-order valence-corrected chi connectivity index (χ2v) is 23.3. The highest BCUT2D eigenvalue weighted by Crippen LogP contribution is 2.59. The standard InChI is InChI=1S/C60H60F2N11O12P/c61-60(62,86(83,84)85)40-18-20-44-39(29-40)30-46(65-44)55(78)67-47-34-70(52(76)15-8-27-71-32-35(31-64-71)16-17-36-13-7-14-42-43(36)33-72(58(42)81)48-23-25-51(75)68-56(48)79)28-26-41-19-22-49(73(41)59(47)82)57(80)66-45(21-24-50(63)74)54(77)69-53(37-9-3-1-4-10-37)38-11-5-2-6-12-38/h1-7,9-14,18,20,29-32,41,45,47-49,53,65H,8,15,19,21-28,33-34H2,(H2,63,74)(H,66,80)(H,67,78)(H,69,77)(H,68,75,79)(H2,83,84,85)/t41-,45+,47+,48?,49+/m1/s1. The molecule has 3 saturated heterocycles. The SMILES string of the molecule is NC(=O)CC[C@H](NC(=O)[C@@H]1CC[C@@H]2CCN(C(=O)CCCn3cc(C#Cc4cccc5c4CN(C4CCC(=O)NC4=O)C5=O)cn3)C[C@H](NC(=O)c3cc4cc(C(F)(F)P(=O)(O)O)ccc4[nH]3)C(=O)N21)C(=O)NC(c1ccccc1)c1ccccc1. The number of nitrogens with one attached hydrogen (secondary N) is 5. The van der Waals surface area contributed by atoms with Crippen LogP contribution < -0.4 is 27.0 Å². The van der Waals surface area contributed by atoms with Crippen LogP contribution >= 0.6 is 7.60 Å². The second-order valence-electron chi connectivity index (χ2n) is 21.6. The van der Waals surface area contributed by atoms with Crippen LogP contribution in [-0.4, -0.2) is 136 Å². The van der Waals surface area contributed by atoms with E-state index < -0.39 is 90.5 Å². The van der Waals surface area contributed by atoms with Gasteiger partial charge in [0, 0.05) is 85.3 Å². The number of primary amides is 1. The van der Waals surface area contributed by atoms with E-state index in [1.165, 1.54) is 14.7 Å². The molecule has 23 nitrogen and oxygen atoms in total. The number of alkyl halides is 2. The Balaban J connectivity index is 0.844. The van der Waals surface area contributed by atoms with E-state index in [1.54, 1.807) is 35.3 Å². The zero-order valence-electron chi connectivity index (χ0n) is 46.1. The van der Waals surface area contributed by atoms with Crippen LogP contribution in [0.25, 0.3) is 10.9 Å². The van der Waals surface area contributed by atoms with Crippen molar-refractivity contribution in [2.45, 2.75) is 113 Å². The Labute approximate surface area is 490 Å². The van der Waals surface area contributed by atoms with Crippen molar-refractivity contribution in [3.63, 3.8) is 0 Å². The Morgan fingerprint density at radius 3 is 2.29 bits per heavy atom. The second kappa shape index (κ2) is 25.1. The van der Waals surface area contributed by atoms with Gasteiger partial charge in [-0.1, -0.05) is 84.6 Å². The van der Waals surface area contributed by atoms with E-state index in [1.807, 2.05) is 60.7 Å². The van der Waals surface area contributed by atoms with Crippen LogP contribution in [0.1, 0.15) is 118 Å². The van der Waals surface area contributed by atoms with Crippen molar-refractivity contribution in [3.8, 4) is 11.8 Å². The van der Waals surface area contributed by atoms with Crippen LogP contribution in [0.2, 0.25) is 0 Å². The van der Waals surface area contributed by atoms with Gasteiger partial charge in [0.05, 0.1) is 17.8 Å². The number of nitrogens with two attached hydrogens (primary N) is 1. The zero-order chi connectivity index (χ0) is 61.0. The molecule has 4 aliphatic rings. The molecule has 86 heavy (non-hydrogen) atoms. The van der Waals surface area contributed by atoms with Gasteiger partial charge in [0.1, 0.15) is 29.9 Å². The third-order valence-corrected chi connectivity index (χ3v) is 16.9. The van der Waals surface area contributed by atoms with Crippen molar-refractivity contribution < 1.29 is 66.3 Å². The van der Waals surface area contributed by atoms with Gasteiger partial charge in [0.25, 0.3) is 11.8 Å². The predicted octanol–water partition coefficient (Wildman–Crippen LogP) is 3.58. The summed E-state index contributed by atoms with van der Waals surface area (Å²) in [5.74, 6) is 0.844. The molecule has 0 radical (unpaired) electrons.